The summed E-state index contributed by atoms with van der Waals surface area (Å²) in [7, 11) is 0. The number of hydrogen-bond acceptors (Lipinski definition) is 8. The summed E-state index contributed by atoms with van der Waals surface area (Å²) in [5.74, 6) is -2.66. The number of carbonyl (C=O) groups excluding carboxylic acids is 2. The molecule has 2 rings (SSSR count). The summed E-state index contributed by atoms with van der Waals surface area (Å²) in [4.78, 5) is 46.7. The molecule has 0 aliphatic carbocycles. The van der Waals surface area contributed by atoms with Crippen molar-refractivity contribution < 1.29 is 29.2 Å². The SMILES string of the molecule is CCOC(=O)c1cc(C)sc1NC(=O)c1ccc(SCC(=O)O)c([N+](=O)[O-])c1. The predicted molar refractivity (Wildman–Crippen MR) is 104 cm³/mol. The number of nitro benzene ring substituents is 1. The average Bonchev–Trinajstić information content (AvgIpc) is 3.00. The lowest BCUT2D eigenvalue weighted by Gasteiger charge is -2.07. The van der Waals surface area contributed by atoms with Gasteiger partial charge in [-0.2, -0.15) is 0 Å². The molecule has 0 saturated carbocycles. The Bertz CT molecular complexity index is 940. The highest BCUT2D eigenvalue weighted by atomic mass is 32.2. The number of nitrogens with one attached hydrogen (secondary N) is 1. The van der Waals surface area contributed by atoms with E-state index in [1.54, 1.807) is 19.9 Å². The Morgan fingerprint density at radius 1 is 1.32 bits per heavy atom. The molecular weight excluding hydrogens is 408 g/mol. The van der Waals surface area contributed by atoms with Crippen LogP contribution in [0.15, 0.2) is 29.2 Å². The molecule has 2 N–H and O–H groups in total. The van der Waals surface area contributed by atoms with Crippen LogP contribution in [0.4, 0.5) is 10.7 Å². The third-order valence-electron chi connectivity index (χ3n) is 3.35. The number of nitro groups is 1. The number of nitrogens with zero attached hydrogens (tertiary/aromatic N) is 1. The van der Waals surface area contributed by atoms with Crippen LogP contribution in [0.1, 0.15) is 32.5 Å². The van der Waals surface area contributed by atoms with Gasteiger partial charge >= 0.3 is 11.9 Å². The molecule has 1 aromatic carbocycles. The number of aryl methyl sites for hydroxylation is 1. The first-order chi connectivity index (χ1) is 13.2. The van der Waals surface area contributed by atoms with E-state index in [0.29, 0.717) is 0 Å². The zero-order chi connectivity index (χ0) is 20.8. The highest BCUT2D eigenvalue weighted by Gasteiger charge is 2.22. The molecule has 2 aromatic rings. The van der Waals surface area contributed by atoms with E-state index >= 15 is 0 Å². The van der Waals surface area contributed by atoms with E-state index in [0.717, 1.165) is 22.7 Å². The second kappa shape index (κ2) is 9.33. The van der Waals surface area contributed by atoms with Crippen molar-refractivity contribution in [1.29, 1.82) is 0 Å². The van der Waals surface area contributed by atoms with E-state index in [4.69, 9.17) is 9.84 Å². The Labute approximate surface area is 167 Å². The standard InChI is InChI=1S/C17H16N2O7S2/c1-3-26-17(23)11-6-9(2)28-16(11)18-15(22)10-4-5-13(27-8-14(20)21)12(7-10)19(24)25/h4-7H,3,8H2,1-2H3,(H,18,22)(H,20,21). The van der Waals surface area contributed by atoms with E-state index in [1.165, 1.54) is 23.5 Å². The molecule has 11 heteroatoms. The molecule has 0 fully saturated rings. The number of carboxylic acids is 1. The molecule has 0 aliphatic rings. The summed E-state index contributed by atoms with van der Waals surface area (Å²) in [6.45, 7) is 3.61. The molecule has 1 aromatic heterocycles. The maximum absolute atomic E-state index is 12.5. The van der Waals surface area contributed by atoms with Crippen LogP contribution in [0.5, 0.6) is 0 Å². The van der Waals surface area contributed by atoms with Crippen LogP contribution in [0, 0.1) is 17.0 Å². The molecule has 0 saturated heterocycles. The molecule has 0 bridgehead atoms. The number of rotatable bonds is 8. The number of benzene rings is 1. The van der Waals surface area contributed by atoms with Crippen molar-refractivity contribution in [3.63, 3.8) is 0 Å². The topological polar surface area (TPSA) is 136 Å². The highest BCUT2D eigenvalue weighted by molar-refractivity contribution is 8.00. The van der Waals surface area contributed by atoms with Gasteiger partial charge in [0.1, 0.15) is 5.00 Å². The van der Waals surface area contributed by atoms with E-state index < -0.39 is 22.8 Å². The summed E-state index contributed by atoms with van der Waals surface area (Å²) in [6, 6.07) is 5.35. The quantitative estimate of drug-likeness (QED) is 0.284. The molecule has 0 radical (unpaired) electrons. The number of aliphatic carboxylic acids is 1. The van der Waals surface area contributed by atoms with Gasteiger partial charge in [-0.25, -0.2) is 4.79 Å². The molecule has 0 unspecified atom stereocenters. The van der Waals surface area contributed by atoms with Gasteiger partial charge in [-0.05, 0) is 32.0 Å². The van der Waals surface area contributed by atoms with Crippen LogP contribution < -0.4 is 5.32 Å². The Morgan fingerprint density at radius 3 is 2.64 bits per heavy atom. The number of amides is 1. The molecule has 148 valence electrons. The number of carbonyl (C=O) groups is 3. The number of thioether (sulfide) groups is 1. The van der Waals surface area contributed by atoms with Crippen molar-refractivity contribution in [2.24, 2.45) is 0 Å². The maximum atomic E-state index is 12.5. The first-order valence-corrected chi connectivity index (χ1v) is 9.75. The molecule has 1 amide bonds. The number of thiophene rings is 1. The second-order valence-electron chi connectivity index (χ2n) is 5.40. The summed E-state index contributed by atoms with van der Waals surface area (Å²) in [5.41, 5.74) is -0.153. The molecule has 28 heavy (non-hydrogen) atoms. The average molecular weight is 424 g/mol. The van der Waals surface area contributed by atoms with Crippen molar-refractivity contribution >= 4 is 51.6 Å². The minimum Gasteiger partial charge on any atom is -0.481 e. The smallest absolute Gasteiger partial charge is 0.341 e. The Hall–Kier alpha value is -2.92. The van der Waals surface area contributed by atoms with Crippen molar-refractivity contribution in [2.75, 3.05) is 17.7 Å². The van der Waals surface area contributed by atoms with Crippen LogP contribution in [-0.4, -0.2) is 40.2 Å². The highest BCUT2D eigenvalue weighted by Crippen LogP contribution is 2.32. The van der Waals surface area contributed by atoms with Crippen molar-refractivity contribution in [3.8, 4) is 0 Å². The minimum absolute atomic E-state index is 0.00670. The number of hydrogen-bond donors (Lipinski definition) is 2. The van der Waals surface area contributed by atoms with Gasteiger partial charge < -0.3 is 15.2 Å². The molecule has 0 aliphatic heterocycles. The van der Waals surface area contributed by atoms with Crippen LogP contribution in [0.2, 0.25) is 0 Å². The lowest BCUT2D eigenvalue weighted by Crippen LogP contribution is -2.14. The monoisotopic (exact) mass is 424 g/mol. The Morgan fingerprint density at radius 2 is 2.04 bits per heavy atom. The van der Waals surface area contributed by atoms with Crippen molar-refractivity contribution in [3.05, 3.63) is 50.4 Å². The zero-order valence-electron chi connectivity index (χ0n) is 14.9. The number of esters is 1. The van der Waals surface area contributed by atoms with Gasteiger partial charge in [0, 0.05) is 16.5 Å². The van der Waals surface area contributed by atoms with E-state index in [2.05, 4.69) is 5.32 Å². The predicted octanol–water partition coefficient (Wildman–Crippen LogP) is 3.57. The van der Waals surface area contributed by atoms with Gasteiger partial charge in [0.25, 0.3) is 11.6 Å². The number of ether oxygens (including phenoxy) is 1. The number of anilines is 1. The van der Waals surface area contributed by atoms with Gasteiger partial charge in [0.15, 0.2) is 0 Å². The van der Waals surface area contributed by atoms with Gasteiger partial charge in [0.05, 0.1) is 27.7 Å². The van der Waals surface area contributed by atoms with E-state index in [9.17, 15) is 24.5 Å². The van der Waals surface area contributed by atoms with Crippen LogP contribution >= 0.6 is 23.1 Å². The van der Waals surface area contributed by atoms with Crippen LogP contribution in [-0.2, 0) is 9.53 Å². The van der Waals surface area contributed by atoms with Crippen molar-refractivity contribution in [2.45, 2.75) is 18.7 Å². The fourth-order valence-corrected chi connectivity index (χ4v) is 3.82. The van der Waals surface area contributed by atoms with Gasteiger partial charge in [-0.1, -0.05) is 0 Å². The molecule has 1 heterocycles. The lowest BCUT2D eigenvalue weighted by molar-refractivity contribution is -0.387. The summed E-state index contributed by atoms with van der Waals surface area (Å²) in [6.07, 6.45) is 0. The molecule has 0 atom stereocenters. The first kappa shape index (κ1) is 21.4. The summed E-state index contributed by atoms with van der Waals surface area (Å²) < 4.78 is 4.96. The van der Waals surface area contributed by atoms with E-state index in [-0.39, 0.29) is 39.1 Å². The first-order valence-electron chi connectivity index (χ1n) is 7.94. The third kappa shape index (κ3) is 5.30. The number of carboxylic acid groups (broad SMARTS) is 1. The third-order valence-corrected chi connectivity index (χ3v) is 5.36. The fraction of sp³-hybridized carbons (Fsp3) is 0.235. The zero-order valence-corrected chi connectivity index (χ0v) is 16.5. The van der Waals surface area contributed by atoms with Gasteiger partial charge in [0.2, 0.25) is 0 Å². The molecule has 9 nitrogen and oxygen atoms in total. The molecular formula is C17H16N2O7S2. The van der Waals surface area contributed by atoms with E-state index in [1.807, 2.05) is 0 Å². The van der Waals surface area contributed by atoms with Crippen molar-refractivity contribution in [1.82, 2.24) is 0 Å². The van der Waals surface area contributed by atoms with Crippen LogP contribution in [0.25, 0.3) is 0 Å². The second-order valence-corrected chi connectivity index (χ2v) is 7.67. The Balaban J connectivity index is 2.28. The fourth-order valence-electron chi connectivity index (χ4n) is 2.21. The summed E-state index contributed by atoms with van der Waals surface area (Å²) >= 11 is 1.97. The Kier molecular flexibility index (Phi) is 7.12. The maximum Gasteiger partial charge on any atom is 0.341 e. The van der Waals surface area contributed by atoms with Gasteiger partial charge in [-0.3, -0.25) is 19.7 Å². The normalized spacial score (nSPS) is 10.4. The lowest BCUT2D eigenvalue weighted by atomic mass is 10.2. The largest absolute Gasteiger partial charge is 0.481 e. The van der Waals surface area contributed by atoms with Crippen LogP contribution in [0.3, 0.4) is 0 Å². The summed E-state index contributed by atoms with van der Waals surface area (Å²) in [5, 5.41) is 22.9. The minimum atomic E-state index is -1.11. The molecule has 0 spiro atoms. The van der Waals surface area contributed by atoms with Gasteiger partial charge in [-0.15, -0.1) is 23.1 Å².